The molecule has 1 saturated heterocycles. The number of fused-ring (bicyclic) bond motifs is 1. The van der Waals surface area contributed by atoms with E-state index in [1.54, 1.807) is 4.68 Å². The Kier molecular flexibility index (Phi) is 4.13. The first-order valence-corrected chi connectivity index (χ1v) is 8.75. The van der Waals surface area contributed by atoms with E-state index in [1.807, 2.05) is 42.2 Å². The molecule has 1 aromatic carbocycles. The van der Waals surface area contributed by atoms with Crippen molar-refractivity contribution in [2.24, 2.45) is 0 Å². The number of likely N-dealkylation sites (tertiary alicyclic amines) is 1. The largest absolute Gasteiger partial charge is 0.341 e. The van der Waals surface area contributed by atoms with Crippen LogP contribution in [0.1, 0.15) is 18.5 Å². The number of hydrogen-bond donors (Lipinski definition) is 0. The summed E-state index contributed by atoms with van der Waals surface area (Å²) in [5, 5.41) is 14.4. The molecular formula is C18H18ClN5O. The molecular weight excluding hydrogens is 338 g/mol. The molecule has 0 N–H and O–H groups in total. The van der Waals surface area contributed by atoms with E-state index in [-0.39, 0.29) is 12.5 Å². The van der Waals surface area contributed by atoms with E-state index >= 15 is 0 Å². The molecule has 6 nitrogen and oxygen atoms in total. The van der Waals surface area contributed by atoms with E-state index < -0.39 is 0 Å². The van der Waals surface area contributed by atoms with Crippen LogP contribution >= 0.6 is 11.6 Å². The van der Waals surface area contributed by atoms with Crippen LogP contribution in [0.25, 0.3) is 22.3 Å². The molecule has 0 radical (unpaired) electrons. The molecule has 0 aliphatic carbocycles. The Hall–Kier alpha value is -2.47. The van der Waals surface area contributed by atoms with Crippen molar-refractivity contribution < 1.29 is 4.79 Å². The number of carbonyl (C=O) groups excluding carboxylic acids is 1. The van der Waals surface area contributed by atoms with Crippen molar-refractivity contribution >= 4 is 28.5 Å². The fraction of sp³-hybridized carbons (Fsp3) is 0.333. The molecule has 1 amide bonds. The van der Waals surface area contributed by atoms with Gasteiger partial charge in [-0.05, 0) is 19.8 Å². The Morgan fingerprint density at radius 2 is 1.88 bits per heavy atom. The molecule has 0 atom stereocenters. The second-order valence-corrected chi connectivity index (χ2v) is 6.64. The zero-order valence-electron chi connectivity index (χ0n) is 13.9. The van der Waals surface area contributed by atoms with Crippen LogP contribution in [0.3, 0.4) is 0 Å². The topological polar surface area (TPSA) is 63.9 Å². The van der Waals surface area contributed by atoms with Gasteiger partial charge < -0.3 is 4.90 Å². The summed E-state index contributed by atoms with van der Waals surface area (Å²) in [4.78, 5) is 14.3. The molecule has 0 bridgehead atoms. The van der Waals surface area contributed by atoms with Gasteiger partial charge in [-0.25, -0.2) is 4.68 Å². The number of hydrogen-bond acceptors (Lipinski definition) is 4. The zero-order chi connectivity index (χ0) is 17.4. The van der Waals surface area contributed by atoms with Gasteiger partial charge in [-0.2, -0.15) is 5.10 Å². The summed E-state index contributed by atoms with van der Waals surface area (Å²) in [5.74, 6) is 0.0620. The van der Waals surface area contributed by atoms with Gasteiger partial charge in [-0.3, -0.25) is 4.79 Å². The maximum atomic E-state index is 12.4. The first-order chi connectivity index (χ1) is 12.1. The minimum Gasteiger partial charge on any atom is -0.341 e. The molecule has 3 aromatic rings. The van der Waals surface area contributed by atoms with E-state index in [1.165, 1.54) is 0 Å². The second-order valence-electron chi connectivity index (χ2n) is 6.26. The lowest BCUT2D eigenvalue weighted by Crippen LogP contribution is -2.31. The van der Waals surface area contributed by atoms with Gasteiger partial charge in [0, 0.05) is 18.7 Å². The van der Waals surface area contributed by atoms with Gasteiger partial charge >= 0.3 is 0 Å². The Bertz CT molecular complexity index is 932. The van der Waals surface area contributed by atoms with Gasteiger partial charge in [0.25, 0.3) is 0 Å². The molecule has 7 heteroatoms. The normalized spacial score (nSPS) is 14.4. The number of nitrogens with zero attached hydrogens (tertiary/aromatic N) is 5. The van der Waals surface area contributed by atoms with Crippen molar-refractivity contribution in [3.05, 3.63) is 41.0 Å². The maximum absolute atomic E-state index is 12.4. The Morgan fingerprint density at radius 1 is 1.16 bits per heavy atom. The van der Waals surface area contributed by atoms with Gasteiger partial charge in [-0.15, -0.1) is 10.2 Å². The lowest BCUT2D eigenvalue weighted by Gasteiger charge is -2.15. The number of aromatic nitrogens is 4. The summed E-state index contributed by atoms with van der Waals surface area (Å²) in [6.07, 6.45) is 2.13. The Labute approximate surface area is 150 Å². The minimum absolute atomic E-state index is 0.0620. The Balaban J connectivity index is 1.73. The Morgan fingerprint density at radius 3 is 2.60 bits per heavy atom. The fourth-order valence-electron chi connectivity index (χ4n) is 3.27. The van der Waals surface area contributed by atoms with Gasteiger partial charge in [0.15, 0.2) is 5.65 Å². The molecule has 4 rings (SSSR count). The summed E-state index contributed by atoms with van der Waals surface area (Å²) in [6.45, 7) is 3.69. The average Bonchev–Trinajstić information content (AvgIpc) is 3.25. The van der Waals surface area contributed by atoms with Crippen molar-refractivity contribution in [2.45, 2.75) is 26.3 Å². The third-order valence-electron chi connectivity index (χ3n) is 4.56. The first kappa shape index (κ1) is 16.0. The highest BCUT2D eigenvalue weighted by Gasteiger charge is 2.22. The van der Waals surface area contributed by atoms with E-state index in [9.17, 15) is 4.79 Å². The van der Waals surface area contributed by atoms with Crippen molar-refractivity contribution in [3.63, 3.8) is 0 Å². The smallest absolute Gasteiger partial charge is 0.244 e. The number of halogens is 1. The number of aryl methyl sites for hydroxylation is 1. The van der Waals surface area contributed by atoms with Crippen molar-refractivity contribution in [2.75, 3.05) is 13.1 Å². The molecule has 3 heterocycles. The lowest BCUT2D eigenvalue weighted by molar-refractivity contribution is -0.130. The highest BCUT2D eigenvalue weighted by molar-refractivity contribution is 6.37. The highest BCUT2D eigenvalue weighted by Crippen LogP contribution is 2.32. The molecule has 1 aliphatic heterocycles. The van der Waals surface area contributed by atoms with Gasteiger partial charge in [0.05, 0.1) is 16.1 Å². The van der Waals surface area contributed by atoms with E-state index in [0.29, 0.717) is 16.4 Å². The van der Waals surface area contributed by atoms with Crippen LogP contribution in [-0.4, -0.2) is 43.9 Å². The number of benzene rings is 1. The van der Waals surface area contributed by atoms with Crippen LogP contribution in [0, 0.1) is 6.92 Å². The highest BCUT2D eigenvalue weighted by atomic mass is 35.5. The van der Waals surface area contributed by atoms with Gasteiger partial charge in [0.2, 0.25) is 5.91 Å². The SMILES string of the molecule is Cc1nn(CC(=O)N2CCCC2)c2nnc(-c3ccccc3)c(Cl)c12. The summed E-state index contributed by atoms with van der Waals surface area (Å²) in [7, 11) is 0. The molecule has 128 valence electrons. The predicted molar refractivity (Wildman–Crippen MR) is 96.3 cm³/mol. The molecule has 1 fully saturated rings. The van der Waals surface area contributed by atoms with Crippen LogP contribution < -0.4 is 0 Å². The quantitative estimate of drug-likeness (QED) is 0.724. The predicted octanol–water partition coefficient (Wildman–Crippen LogP) is 3.08. The number of rotatable bonds is 3. The van der Waals surface area contributed by atoms with Crippen LogP contribution in [0.15, 0.2) is 30.3 Å². The number of carbonyl (C=O) groups is 1. The van der Waals surface area contributed by atoms with Crippen LogP contribution in [0.5, 0.6) is 0 Å². The second kappa shape index (κ2) is 6.44. The van der Waals surface area contributed by atoms with Crippen molar-refractivity contribution in [1.29, 1.82) is 0 Å². The minimum atomic E-state index is 0.0620. The standard InChI is InChI=1S/C18H18ClN5O/c1-12-15-16(19)17(13-7-3-2-4-8-13)20-21-18(15)24(22-12)11-14(25)23-9-5-6-10-23/h2-4,7-8H,5-6,9-11H2,1H3. The van der Waals surface area contributed by atoms with E-state index in [4.69, 9.17) is 11.6 Å². The molecule has 1 aliphatic rings. The summed E-state index contributed by atoms with van der Waals surface area (Å²) in [6, 6.07) is 9.69. The lowest BCUT2D eigenvalue weighted by atomic mass is 10.1. The summed E-state index contributed by atoms with van der Waals surface area (Å²) >= 11 is 6.61. The van der Waals surface area contributed by atoms with Crippen LogP contribution in [0.2, 0.25) is 5.02 Å². The van der Waals surface area contributed by atoms with Crippen molar-refractivity contribution in [1.82, 2.24) is 24.9 Å². The molecule has 2 aromatic heterocycles. The maximum Gasteiger partial charge on any atom is 0.244 e. The molecule has 0 spiro atoms. The summed E-state index contributed by atoms with van der Waals surface area (Å²) in [5.41, 5.74) is 2.83. The molecule has 0 saturated carbocycles. The van der Waals surface area contributed by atoms with Crippen molar-refractivity contribution in [3.8, 4) is 11.3 Å². The zero-order valence-corrected chi connectivity index (χ0v) is 14.7. The van der Waals surface area contributed by atoms with E-state index in [2.05, 4.69) is 15.3 Å². The van der Waals surface area contributed by atoms with E-state index in [0.717, 1.165) is 42.6 Å². The molecule has 25 heavy (non-hydrogen) atoms. The third kappa shape index (κ3) is 2.87. The fourth-order valence-corrected chi connectivity index (χ4v) is 3.64. The third-order valence-corrected chi connectivity index (χ3v) is 4.93. The van der Waals surface area contributed by atoms with Crippen LogP contribution in [0.4, 0.5) is 0 Å². The van der Waals surface area contributed by atoms with Gasteiger partial charge in [-0.1, -0.05) is 41.9 Å². The molecule has 0 unspecified atom stereocenters. The average molecular weight is 356 g/mol. The van der Waals surface area contributed by atoms with Crippen LogP contribution in [-0.2, 0) is 11.3 Å². The van der Waals surface area contributed by atoms with Gasteiger partial charge in [0.1, 0.15) is 12.2 Å². The monoisotopic (exact) mass is 355 g/mol. The number of amides is 1. The first-order valence-electron chi connectivity index (χ1n) is 8.37. The summed E-state index contributed by atoms with van der Waals surface area (Å²) < 4.78 is 1.61.